The summed E-state index contributed by atoms with van der Waals surface area (Å²) in [5.74, 6) is -3.91. The van der Waals surface area contributed by atoms with Crippen LogP contribution in [0.4, 0.5) is 18.9 Å². The number of benzene rings is 1. The van der Waals surface area contributed by atoms with Gasteiger partial charge in [0.2, 0.25) is 12.0 Å². The second kappa shape index (κ2) is 8.54. The Labute approximate surface area is 170 Å². The van der Waals surface area contributed by atoms with E-state index in [-0.39, 0.29) is 14.6 Å². The van der Waals surface area contributed by atoms with Crippen LogP contribution in [0.15, 0.2) is 19.5 Å². The Morgan fingerprint density at radius 1 is 1.27 bits per heavy atom. The van der Waals surface area contributed by atoms with Gasteiger partial charge < -0.3 is 10.1 Å². The van der Waals surface area contributed by atoms with Crippen molar-refractivity contribution in [2.75, 3.05) is 11.1 Å². The summed E-state index contributed by atoms with van der Waals surface area (Å²) in [7, 11) is -5.07. The van der Waals surface area contributed by atoms with E-state index in [0.717, 1.165) is 0 Å². The summed E-state index contributed by atoms with van der Waals surface area (Å²) in [5.41, 5.74) is -0.382. The number of hydrogen-bond acceptors (Lipinski definition) is 5. The van der Waals surface area contributed by atoms with Gasteiger partial charge >= 0.3 is 12.1 Å². The number of hydrogen-bond donors (Lipinski definition) is 2. The van der Waals surface area contributed by atoms with Crippen LogP contribution in [0.5, 0.6) is 0 Å². The fraction of sp³-hybridized carbons (Fsp3) is 0.333. The first-order valence-electron chi connectivity index (χ1n) is 6.31. The molecule has 1 aromatic rings. The van der Waals surface area contributed by atoms with Crippen LogP contribution in [0.3, 0.4) is 0 Å². The molecule has 0 fully saturated rings. The molecular formula is C12H9Br3F3NO6S. The minimum atomic E-state index is -5.24. The van der Waals surface area contributed by atoms with Crippen molar-refractivity contribution in [3.63, 3.8) is 0 Å². The number of anilines is 1. The van der Waals surface area contributed by atoms with Gasteiger partial charge in [-0.2, -0.15) is 21.6 Å². The van der Waals surface area contributed by atoms with Crippen molar-refractivity contribution >= 4 is 75.5 Å². The largest absolute Gasteiger partial charge is 0.448 e. The van der Waals surface area contributed by atoms with Crippen molar-refractivity contribution in [2.45, 2.75) is 19.2 Å². The summed E-state index contributed by atoms with van der Waals surface area (Å²) in [6.07, 6.45) is -8.32. The number of halogens is 6. The second-order valence-electron chi connectivity index (χ2n) is 4.77. The summed E-state index contributed by atoms with van der Waals surface area (Å²) in [6, 6.07) is 1.28. The van der Waals surface area contributed by atoms with Crippen LogP contribution in [0.25, 0.3) is 0 Å². The fourth-order valence-corrected chi connectivity index (χ4v) is 4.93. The molecule has 0 spiro atoms. The molecule has 0 aliphatic carbocycles. The minimum Gasteiger partial charge on any atom is -0.448 e. The van der Waals surface area contributed by atoms with Gasteiger partial charge in [-0.05, 0) is 53.9 Å². The smallest absolute Gasteiger partial charge is 0.426 e. The molecule has 146 valence electrons. The highest BCUT2D eigenvalue weighted by Crippen LogP contribution is 2.39. The molecule has 1 amide bonds. The molecule has 0 saturated heterocycles. The van der Waals surface area contributed by atoms with Gasteiger partial charge in [0.05, 0.1) is 15.7 Å². The van der Waals surface area contributed by atoms with E-state index >= 15 is 0 Å². The lowest BCUT2D eigenvalue weighted by molar-refractivity contribution is -0.197. The van der Waals surface area contributed by atoms with Gasteiger partial charge in [0.25, 0.3) is 10.1 Å². The number of esters is 1. The zero-order valence-electron chi connectivity index (χ0n) is 12.5. The molecule has 7 nitrogen and oxygen atoms in total. The quantitative estimate of drug-likeness (QED) is 0.397. The van der Waals surface area contributed by atoms with Crippen LogP contribution >= 0.6 is 47.8 Å². The van der Waals surface area contributed by atoms with Crippen molar-refractivity contribution in [1.82, 2.24) is 0 Å². The number of carbonyl (C=O) groups is 2. The highest BCUT2D eigenvalue weighted by Gasteiger charge is 2.46. The maximum absolute atomic E-state index is 12.9. The zero-order valence-corrected chi connectivity index (χ0v) is 18.1. The van der Waals surface area contributed by atoms with Crippen LogP contribution in [-0.2, 0) is 19.6 Å². The Balaban J connectivity index is 3.33. The number of carbonyl (C=O) groups excluding carboxylic acids is 2. The van der Waals surface area contributed by atoms with Crippen molar-refractivity contribution in [3.8, 4) is 0 Å². The predicted octanol–water partition coefficient (Wildman–Crippen LogP) is 3.91. The second-order valence-corrected chi connectivity index (χ2v) is 8.77. The minimum absolute atomic E-state index is 0.00290. The molecule has 1 rings (SSSR count). The highest BCUT2D eigenvalue weighted by atomic mass is 79.9. The zero-order chi connectivity index (χ0) is 20.4. The van der Waals surface area contributed by atoms with Gasteiger partial charge in [-0.25, -0.2) is 4.79 Å². The Kier molecular flexibility index (Phi) is 7.67. The van der Waals surface area contributed by atoms with Gasteiger partial charge in [-0.15, -0.1) is 0 Å². The van der Waals surface area contributed by atoms with Crippen LogP contribution in [0.2, 0.25) is 0 Å². The number of ether oxygens (including phenoxy) is 1. The lowest BCUT2D eigenvalue weighted by atomic mass is 10.2. The average Bonchev–Trinajstić information content (AvgIpc) is 2.39. The summed E-state index contributed by atoms with van der Waals surface area (Å²) in [5, 5.41) is 2.37. The molecule has 1 aromatic carbocycles. The van der Waals surface area contributed by atoms with E-state index in [0.29, 0.717) is 4.47 Å². The van der Waals surface area contributed by atoms with E-state index in [1.807, 2.05) is 0 Å². The first-order valence-corrected chi connectivity index (χ1v) is 10.3. The normalized spacial score (nSPS) is 13.2. The molecule has 0 heterocycles. The Bertz CT molecular complexity index is 844. The monoisotopic (exact) mass is 589 g/mol. The number of rotatable bonds is 5. The number of amides is 1. The van der Waals surface area contributed by atoms with Crippen molar-refractivity contribution in [3.05, 3.63) is 25.0 Å². The van der Waals surface area contributed by atoms with Crippen LogP contribution < -0.4 is 5.32 Å². The summed E-state index contributed by atoms with van der Waals surface area (Å²) >= 11 is 9.08. The maximum Gasteiger partial charge on any atom is 0.426 e. The average molecular weight is 592 g/mol. The molecule has 0 saturated carbocycles. The molecule has 26 heavy (non-hydrogen) atoms. The van der Waals surface area contributed by atoms with Crippen LogP contribution in [0, 0.1) is 0 Å². The number of nitrogens with one attached hydrogen (secondary N) is 1. The summed E-state index contributed by atoms with van der Waals surface area (Å²) in [4.78, 5) is 23.4. The molecule has 1 unspecified atom stereocenters. The number of alkyl halides is 3. The molecule has 2 N–H and O–H groups in total. The molecule has 0 aliphatic rings. The molecule has 14 heteroatoms. The van der Waals surface area contributed by atoms with E-state index in [9.17, 15) is 31.2 Å². The maximum atomic E-state index is 12.9. The SMILES string of the molecule is CC(=O)Nc1c(Br)cc(Br)c(C(=O)OC(CS(=O)(=O)O)C(F)(F)F)c1Br. The van der Waals surface area contributed by atoms with E-state index in [4.69, 9.17) is 4.55 Å². The van der Waals surface area contributed by atoms with E-state index in [2.05, 4.69) is 57.8 Å². The van der Waals surface area contributed by atoms with Gasteiger partial charge in [0.15, 0.2) is 0 Å². The molecule has 0 radical (unpaired) electrons. The van der Waals surface area contributed by atoms with Crippen LogP contribution in [0.1, 0.15) is 17.3 Å². The van der Waals surface area contributed by atoms with Crippen molar-refractivity contribution in [1.29, 1.82) is 0 Å². The lowest BCUT2D eigenvalue weighted by Gasteiger charge is -2.21. The third-order valence-electron chi connectivity index (χ3n) is 2.65. The fourth-order valence-electron chi connectivity index (χ4n) is 1.64. The first-order chi connectivity index (χ1) is 11.6. The molecule has 0 bridgehead atoms. The van der Waals surface area contributed by atoms with Gasteiger partial charge in [0, 0.05) is 15.9 Å². The van der Waals surface area contributed by atoms with Crippen LogP contribution in [-0.4, -0.2) is 42.9 Å². The molecule has 1 atom stereocenters. The van der Waals surface area contributed by atoms with E-state index in [1.165, 1.54) is 13.0 Å². The first kappa shape index (κ1) is 23.3. The van der Waals surface area contributed by atoms with E-state index in [1.54, 1.807) is 0 Å². The molecule has 0 aliphatic heterocycles. The van der Waals surface area contributed by atoms with Gasteiger partial charge in [-0.3, -0.25) is 9.35 Å². The Morgan fingerprint density at radius 2 is 1.81 bits per heavy atom. The van der Waals surface area contributed by atoms with E-state index < -0.39 is 45.6 Å². The lowest BCUT2D eigenvalue weighted by Crippen LogP contribution is -2.39. The summed E-state index contributed by atoms with van der Waals surface area (Å²) < 4.78 is 73.3. The molecular weight excluding hydrogens is 583 g/mol. The third-order valence-corrected chi connectivity index (χ3v) is 5.42. The Morgan fingerprint density at radius 3 is 2.23 bits per heavy atom. The highest BCUT2D eigenvalue weighted by molar-refractivity contribution is 9.11. The predicted molar refractivity (Wildman–Crippen MR) is 95.5 cm³/mol. The summed E-state index contributed by atoms with van der Waals surface area (Å²) in [6.45, 7) is 1.17. The Hall–Kier alpha value is -0.700. The van der Waals surface area contributed by atoms with Gasteiger partial charge in [-0.1, -0.05) is 0 Å². The topological polar surface area (TPSA) is 110 Å². The molecule has 0 aromatic heterocycles. The van der Waals surface area contributed by atoms with Crippen molar-refractivity contribution in [2.24, 2.45) is 0 Å². The van der Waals surface area contributed by atoms with Gasteiger partial charge in [0.1, 0.15) is 5.75 Å². The van der Waals surface area contributed by atoms with Crippen molar-refractivity contribution < 1.29 is 40.5 Å². The third kappa shape index (κ3) is 6.48. The standard InChI is InChI=1S/C12H9Br3F3NO6S/c1-4(20)19-10-6(14)2-5(13)8(9(10)15)11(21)25-7(12(16,17)18)3-26(22,23)24/h2,7H,3H2,1H3,(H,19,20)(H,22,23,24).